The fourth-order valence-electron chi connectivity index (χ4n) is 2.40. The van der Waals surface area contributed by atoms with Crippen molar-refractivity contribution in [1.29, 1.82) is 0 Å². The molecule has 1 unspecified atom stereocenters. The molecule has 0 bridgehead atoms. The van der Waals surface area contributed by atoms with E-state index in [9.17, 15) is 0 Å². The minimum Gasteiger partial charge on any atom is -0.399 e. The summed E-state index contributed by atoms with van der Waals surface area (Å²) in [4.78, 5) is 0. The van der Waals surface area contributed by atoms with Crippen LogP contribution < -0.4 is 5.73 Å². The smallest absolute Gasteiger partial charge is 0.119 e. The standard InChI is InChI=1S/C12H14N4/c13-10-3-1-2-9(6-10)11-4-5-12(11)16-7-14-15-8-16/h1-3,6-8,11-12H,4-5,13H2/t11-,12?/m1/s1. The zero-order valence-corrected chi connectivity index (χ0v) is 8.95. The van der Waals surface area contributed by atoms with Gasteiger partial charge >= 0.3 is 0 Å². The summed E-state index contributed by atoms with van der Waals surface area (Å²) < 4.78 is 2.09. The van der Waals surface area contributed by atoms with E-state index in [4.69, 9.17) is 5.73 Å². The summed E-state index contributed by atoms with van der Waals surface area (Å²) in [5, 5.41) is 7.72. The maximum atomic E-state index is 5.81. The average molecular weight is 214 g/mol. The van der Waals surface area contributed by atoms with Gasteiger partial charge in [0.25, 0.3) is 0 Å². The molecule has 4 heteroatoms. The average Bonchev–Trinajstić information content (AvgIpc) is 2.69. The number of nitrogen functional groups attached to an aromatic ring is 1. The second-order valence-corrected chi connectivity index (χ2v) is 4.33. The predicted molar refractivity (Wildman–Crippen MR) is 61.9 cm³/mol. The van der Waals surface area contributed by atoms with E-state index in [2.05, 4.69) is 26.9 Å². The van der Waals surface area contributed by atoms with Gasteiger partial charge in [-0.15, -0.1) is 10.2 Å². The first-order chi connectivity index (χ1) is 7.84. The van der Waals surface area contributed by atoms with Crippen LogP contribution in [0.25, 0.3) is 0 Å². The van der Waals surface area contributed by atoms with Crippen LogP contribution in [0.4, 0.5) is 5.69 Å². The van der Waals surface area contributed by atoms with E-state index >= 15 is 0 Å². The second-order valence-electron chi connectivity index (χ2n) is 4.33. The Morgan fingerprint density at radius 2 is 2.00 bits per heavy atom. The molecule has 3 rings (SSSR count). The molecule has 0 amide bonds. The Morgan fingerprint density at radius 3 is 2.62 bits per heavy atom. The molecule has 0 aliphatic heterocycles. The maximum Gasteiger partial charge on any atom is 0.119 e. The largest absolute Gasteiger partial charge is 0.399 e. The van der Waals surface area contributed by atoms with Gasteiger partial charge < -0.3 is 10.3 Å². The molecular weight excluding hydrogens is 200 g/mol. The van der Waals surface area contributed by atoms with Crippen LogP contribution in [0, 0.1) is 0 Å². The van der Waals surface area contributed by atoms with Gasteiger partial charge in [-0.05, 0) is 30.5 Å². The summed E-state index contributed by atoms with van der Waals surface area (Å²) in [6, 6.07) is 8.66. The van der Waals surface area contributed by atoms with Gasteiger partial charge in [0.05, 0.1) is 0 Å². The molecule has 0 radical (unpaired) electrons. The number of rotatable bonds is 2. The van der Waals surface area contributed by atoms with Crippen LogP contribution in [0.5, 0.6) is 0 Å². The molecular formula is C12H14N4. The molecule has 1 heterocycles. The SMILES string of the molecule is Nc1cccc([C@H]2CCC2n2cnnc2)c1. The molecule has 4 nitrogen and oxygen atoms in total. The number of aromatic nitrogens is 3. The van der Waals surface area contributed by atoms with E-state index in [0.29, 0.717) is 12.0 Å². The first-order valence-corrected chi connectivity index (χ1v) is 5.54. The van der Waals surface area contributed by atoms with Crippen molar-refractivity contribution in [3.8, 4) is 0 Å². The Labute approximate surface area is 94.1 Å². The summed E-state index contributed by atoms with van der Waals surface area (Å²) in [5.74, 6) is 0.555. The molecule has 1 aromatic carbocycles. The molecule has 2 N–H and O–H groups in total. The Bertz CT molecular complexity index is 478. The van der Waals surface area contributed by atoms with Crippen molar-refractivity contribution in [3.63, 3.8) is 0 Å². The molecule has 1 saturated carbocycles. The lowest BCUT2D eigenvalue weighted by molar-refractivity contribution is 0.256. The molecule has 2 aromatic rings. The predicted octanol–water partition coefficient (Wildman–Crippen LogP) is 1.98. The Hall–Kier alpha value is -1.84. The van der Waals surface area contributed by atoms with Crippen LogP contribution in [0.1, 0.15) is 30.4 Å². The molecule has 82 valence electrons. The first-order valence-electron chi connectivity index (χ1n) is 5.54. The van der Waals surface area contributed by atoms with Crippen molar-refractivity contribution in [2.24, 2.45) is 0 Å². The molecule has 0 saturated heterocycles. The maximum absolute atomic E-state index is 5.81. The fraction of sp³-hybridized carbons (Fsp3) is 0.333. The lowest BCUT2D eigenvalue weighted by atomic mass is 9.75. The third-order valence-corrected chi connectivity index (χ3v) is 3.40. The highest BCUT2D eigenvalue weighted by Crippen LogP contribution is 2.45. The highest BCUT2D eigenvalue weighted by atomic mass is 15.2. The summed E-state index contributed by atoms with van der Waals surface area (Å²) in [6.07, 6.45) is 6.00. The monoisotopic (exact) mass is 214 g/mol. The van der Waals surface area contributed by atoms with Crippen LogP contribution in [-0.4, -0.2) is 14.8 Å². The molecule has 2 atom stereocenters. The number of anilines is 1. The van der Waals surface area contributed by atoms with Crippen molar-refractivity contribution >= 4 is 5.69 Å². The normalized spacial score (nSPS) is 24.0. The van der Waals surface area contributed by atoms with Gasteiger partial charge in [0, 0.05) is 17.6 Å². The first kappa shape index (κ1) is 9.39. The molecule has 1 aliphatic carbocycles. The van der Waals surface area contributed by atoms with Gasteiger partial charge in [-0.2, -0.15) is 0 Å². The summed E-state index contributed by atoms with van der Waals surface area (Å²) in [6.45, 7) is 0. The fourth-order valence-corrected chi connectivity index (χ4v) is 2.40. The van der Waals surface area contributed by atoms with E-state index in [-0.39, 0.29) is 0 Å². The number of hydrogen-bond donors (Lipinski definition) is 1. The summed E-state index contributed by atoms with van der Waals surface area (Å²) >= 11 is 0. The van der Waals surface area contributed by atoms with E-state index in [0.717, 1.165) is 5.69 Å². The highest BCUT2D eigenvalue weighted by molar-refractivity contribution is 5.42. The van der Waals surface area contributed by atoms with Crippen LogP contribution in [0.2, 0.25) is 0 Å². The summed E-state index contributed by atoms with van der Waals surface area (Å²) in [5.41, 5.74) is 7.97. The van der Waals surface area contributed by atoms with Gasteiger partial charge in [-0.3, -0.25) is 0 Å². The number of hydrogen-bond acceptors (Lipinski definition) is 3. The number of nitrogens with two attached hydrogens (primary N) is 1. The Morgan fingerprint density at radius 1 is 1.19 bits per heavy atom. The van der Waals surface area contributed by atoms with Gasteiger partial charge in [0.1, 0.15) is 12.7 Å². The number of benzene rings is 1. The van der Waals surface area contributed by atoms with E-state index in [1.807, 2.05) is 12.1 Å². The van der Waals surface area contributed by atoms with Crippen molar-refractivity contribution < 1.29 is 0 Å². The quantitative estimate of drug-likeness (QED) is 0.778. The van der Waals surface area contributed by atoms with Crippen LogP contribution in [0.3, 0.4) is 0 Å². The van der Waals surface area contributed by atoms with E-state index in [1.165, 1.54) is 18.4 Å². The highest BCUT2D eigenvalue weighted by Gasteiger charge is 2.33. The molecule has 16 heavy (non-hydrogen) atoms. The Kier molecular flexibility index (Phi) is 2.13. The molecule has 1 fully saturated rings. The van der Waals surface area contributed by atoms with Crippen LogP contribution in [0.15, 0.2) is 36.9 Å². The van der Waals surface area contributed by atoms with Crippen molar-refractivity contribution in [3.05, 3.63) is 42.5 Å². The van der Waals surface area contributed by atoms with E-state index < -0.39 is 0 Å². The summed E-state index contributed by atoms with van der Waals surface area (Å²) in [7, 11) is 0. The third kappa shape index (κ3) is 1.46. The molecule has 1 aliphatic rings. The second kappa shape index (κ2) is 3.63. The van der Waals surface area contributed by atoms with Gasteiger partial charge in [0.15, 0.2) is 0 Å². The minimum absolute atomic E-state index is 0.497. The van der Waals surface area contributed by atoms with Crippen LogP contribution >= 0.6 is 0 Å². The number of nitrogens with zero attached hydrogens (tertiary/aromatic N) is 3. The topological polar surface area (TPSA) is 56.7 Å². The minimum atomic E-state index is 0.497. The lowest BCUT2D eigenvalue weighted by Gasteiger charge is -2.37. The third-order valence-electron chi connectivity index (χ3n) is 3.40. The van der Waals surface area contributed by atoms with Gasteiger partial charge in [-0.25, -0.2) is 0 Å². The lowest BCUT2D eigenvalue weighted by Crippen LogP contribution is -2.26. The van der Waals surface area contributed by atoms with Gasteiger partial charge in [-0.1, -0.05) is 12.1 Å². The van der Waals surface area contributed by atoms with Crippen molar-refractivity contribution in [1.82, 2.24) is 14.8 Å². The molecule has 1 aromatic heterocycles. The van der Waals surface area contributed by atoms with Crippen molar-refractivity contribution in [2.75, 3.05) is 5.73 Å². The zero-order chi connectivity index (χ0) is 11.0. The van der Waals surface area contributed by atoms with Gasteiger partial charge in [0.2, 0.25) is 0 Å². The van der Waals surface area contributed by atoms with Crippen molar-refractivity contribution in [2.45, 2.75) is 24.8 Å². The molecule has 0 spiro atoms. The van der Waals surface area contributed by atoms with E-state index in [1.54, 1.807) is 12.7 Å². The van der Waals surface area contributed by atoms with Crippen LogP contribution in [-0.2, 0) is 0 Å². The zero-order valence-electron chi connectivity index (χ0n) is 8.95. The Balaban J connectivity index is 1.86.